The minimum atomic E-state index is -0.0264. The molecule has 1 fully saturated rings. The molecular formula is C15H20O2. The number of hydrogen-bond donors (Lipinski definition) is 0. The maximum absolute atomic E-state index is 11.5. The van der Waals surface area contributed by atoms with Gasteiger partial charge >= 0.3 is 0 Å². The summed E-state index contributed by atoms with van der Waals surface area (Å²) < 4.78 is 5.79. The highest BCUT2D eigenvalue weighted by Crippen LogP contribution is 2.42. The first kappa shape index (κ1) is 12.2. The van der Waals surface area contributed by atoms with E-state index in [0.29, 0.717) is 18.6 Å². The number of benzene rings is 1. The first-order valence-corrected chi connectivity index (χ1v) is 6.40. The molecule has 0 aliphatic heterocycles. The van der Waals surface area contributed by atoms with Gasteiger partial charge in [-0.15, -0.1) is 0 Å². The van der Waals surface area contributed by atoms with E-state index in [2.05, 4.69) is 19.9 Å². The molecule has 1 aliphatic rings. The van der Waals surface area contributed by atoms with Crippen molar-refractivity contribution < 1.29 is 9.53 Å². The summed E-state index contributed by atoms with van der Waals surface area (Å²) in [5.74, 6) is 1.32. The van der Waals surface area contributed by atoms with Gasteiger partial charge in [0.2, 0.25) is 0 Å². The molecule has 2 nitrogen and oxygen atoms in total. The smallest absolute Gasteiger partial charge is 0.133 e. The molecule has 2 heteroatoms. The second-order valence-electron chi connectivity index (χ2n) is 5.12. The minimum absolute atomic E-state index is 0.0264. The fraction of sp³-hybridized carbons (Fsp3) is 0.533. The number of rotatable bonds is 4. The lowest BCUT2D eigenvalue weighted by Crippen LogP contribution is -2.19. The Balaban J connectivity index is 2.28. The van der Waals surface area contributed by atoms with Crippen LogP contribution in [0.2, 0.25) is 0 Å². The summed E-state index contributed by atoms with van der Waals surface area (Å²) in [5, 5.41) is 0. The Bertz CT molecular complexity index is 411. The molecule has 92 valence electrons. The van der Waals surface area contributed by atoms with E-state index in [-0.39, 0.29) is 5.41 Å². The number of ether oxygens (including phenoxy) is 1. The van der Waals surface area contributed by atoms with Crippen LogP contribution in [0.4, 0.5) is 0 Å². The van der Waals surface area contributed by atoms with Crippen molar-refractivity contribution in [1.29, 1.82) is 0 Å². The Morgan fingerprint density at radius 1 is 1.35 bits per heavy atom. The number of carbonyl (C=O) groups excluding carboxylic acids is 1. The summed E-state index contributed by atoms with van der Waals surface area (Å²) in [7, 11) is 0. The summed E-state index contributed by atoms with van der Waals surface area (Å²) in [6.07, 6.45) is 3.31. The monoisotopic (exact) mass is 232 g/mol. The summed E-state index contributed by atoms with van der Waals surface area (Å²) in [5.41, 5.74) is 1.17. The Morgan fingerprint density at radius 3 is 2.76 bits per heavy atom. The molecule has 0 heterocycles. The molecule has 1 aliphatic carbocycles. The molecular weight excluding hydrogens is 212 g/mol. The van der Waals surface area contributed by atoms with Crippen LogP contribution in [0, 0.1) is 0 Å². The van der Waals surface area contributed by atoms with Crippen LogP contribution in [-0.2, 0) is 10.2 Å². The standard InChI is InChI=1S/C15H20O2/c1-3-10-17-14-7-5-4-6-13(14)15(2)9-8-12(16)11-15/h4-7H,3,8-11H2,1-2H3. The summed E-state index contributed by atoms with van der Waals surface area (Å²) in [4.78, 5) is 11.5. The Labute approximate surface area is 103 Å². The van der Waals surface area contributed by atoms with Gasteiger partial charge in [-0.25, -0.2) is 0 Å². The highest BCUT2D eigenvalue weighted by Gasteiger charge is 2.37. The van der Waals surface area contributed by atoms with Crippen LogP contribution in [0.5, 0.6) is 5.75 Å². The van der Waals surface area contributed by atoms with Crippen molar-refractivity contribution in [3.63, 3.8) is 0 Å². The zero-order valence-electron chi connectivity index (χ0n) is 10.7. The third-order valence-corrected chi connectivity index (χ3v) is 3.54. The lowest BCUT2D eigenvalue weighted by Gasteiger charge is -2.25. The minimum Gasteiger partial charge on any atom is -0.493 e. The largest absolute Gasteiger partial charge is 0.493 e. The first-order valence-electron chi connectivity index (χ1n) is 6.40. The van der Waals surface area contributed by atoms with Gasteiger partial charge in [0.05, 0.1) is 6.61 Å². The second kappa shape index (κ2) is 4.91. The van der Waals surface area contributed by atoms with E-state index in [0.717, 1.165) is 25.2 Å². The van der Waals surface area contributed by atoms with E-state index in [1.807, 2.05) is 18.2 Å². The quantitative estimate of drug-likeness (QED) is 0.794. The van der Waals surface area contributed by atoms with Crippen molar-refractivity contribution >= 4 is 5.78 Å². The second-order valence-corrected chi connectivity index (χ2v) is 5.12. The number of carbonyl (C=O) groups is 1. The van der Waals surface area contributed by atoms with Crippen molar-refractivity contribution in [3.05, 3.63) is 29.8 Å². The lowest BCUT2D eigenvalue weighted by atomic mass is 9.80. The molecule has 0 N–H and O–H groups in total. The Kier molecular flexibility index (Phi) is 3.51. The maximum atomic E-state index is 11.5. The van der Waals surface area contributed by atoms with Gasteiger partial charge in [0.15, 0.2) is 0 Å². The first-order chi connectivity index (χ1) is 8.15. The van der Waals surface area contributed by atoms with E-state index in [1.165, 1.54) is 5.56 Å². The molecule has 1 unspecified atom stereocenters. The van der Waals surface area contributed by atoms with E-state index >= 15 is 0 Å². The van der Waals surface area contributed by atoms with Gasteiger partial charge in [0, 0.05) is 23.8 Å². The van der Waals surface area contributed by atoms with Crippen LogP contribution in [-0.4, -0.2) is 12.4 Å². The number of ketones is 1. The van der Waals surface area contributed by atoms with E-state index < -0.39 is 0 Å². The van der Waals surface area contributed by atoms with Gasteiger partial charge in [0.25, 0.3) is 0 Å². The fourth-order valence-electron chi connectivity index (χ4n) is 2.56. The fourth-order valence-corrected chi connectivity index (χ4v) is 2.56. The van der Waals surface area contributed by atoms with E-state index in [4.69, 9.17) is 4.74 Å². The molecule has 1 atom stereocenters. The molecule has 0 amide bonds. The van der Waals surface area contributed by atoms with Crippen LogP contribution in [0.1, 0.15) is 45.1 Å². The highest BCUT2D eigenvalue weighted by molar-refractivity contribution is 5.83. The van der Waals surface area contributed by atoms with Gasteiger partial charge in [0.1, 0.15) is 11.5 Å². The Morgan fingerprint density at radius 2 is 2.12 bits per heavy atom. The van der Waals surface area contributed by atoms with Crippen molar-refractivity contribution in [2.45, 2.75) is 44.9 Å². The maximum Gasteiger partial charge on any atom is 0.133 e. The zero-order valence-corrected chi connectivity index (χ0v) is 10.7. The molecule has 2 rings (SSSR count). The molecule has 0 aromatic heterocycles. The average Bonchev–Trinajstić information content (AvgIpc) is 2.68. The van der Waals surface area contributed by atoms with Crippen molar-refractivity contribution in [1.82, 2.24) is 0 Å². The van der Waals surface area contributed by atoms with Gasteiger partial charge in [-0.3, -0.25) is 4.79 Å². The molecule has 1 aromatic rings. The van der Waals surface area contributed by atoms with E-state index in [9.17, 15) is 4.79 Å². The summed E-state index contributed by atoms with van der Waals surface area (Å²) in [6, 6.07) is 8.14. The molecule has 0 spiro atoms. The van der Waals surface area contributed by atoms with Gasteiger partial charge in [-0.1, -0.05) is 32.0 Å². The summed E-state index contributed by atoms with van der Waals surface area (Å²) in [6.45, 7) is 5.01. The average molecular weight is 232 g/mol. The molecule has 17 heavy (non-hydrogen) atoms. The van der Waals surface area contributed by atoms with Crippen LogP contribution in [0.15, 0.2) is 24.3 Å². The number of Topliss-reactive ketones (excluding diaryl/α,β-unsaturated/α-hetero) is 1. The van der Waals surface area contributed by atoms with Gasteiger partial charge in [-0.05, 0) is 18.9 Å². The predicted octanol–water partition coefficient (Wildman–Crippen LogP) is 3.49. The van der Waals surface area contributed by atoms with Gasteiger partial charge in [-0.2, -0.15) is 0 Å². The molecule has 0 saturated heterocycles. The third-order valence-electron chi connectivity index (χ3n) is 3.54. The van der Waals surface area contributed by atoms with Crippen molar-refractivity contribution in [2.24, 2.45) is 0 Å². The van der Waals surface area contributed by atoms with Crippen molar-refractivity contribution in [2.75, 3.05) is 6.61 Å². The van der Waals surface area contributed by atoms with Crippen molar-refractivity contribution in [3.8, 4) is 5.75 Å². The molecule has 1 saturated carbocycles. The molecule has 0 radical (unpaired) electrons. The normalized spacial score (nSPS) is 24.0. The Hall–Kier alpha value is -1.31. The zero-order chi connectivity index (χ0) is 12.3. The van der Waals surface area contributed by atoms with Crippen LogP contribution >= 0.6 is 0 Å². The number of hydrogen-bond acceptors (Lipinski definition) is 2. The summed E-state index contributed by atoms with van der Waals surface area (Å²) >= 11 is 0. The van der Waals surface area contributed by atoms with Gasteiger partial charge < -0.3 is 4.74 Å². The van der Waals surface area contributed by atoms with Crippen LogP contribution in [0.25, 0.3) is 0 Å². The lowest BCUT2D eigenvalue weighted by molar-refractivity contribution is -0.117. The van der Waals surface area contributed by atoms with Crippen LogP contribution in [0.3, 0.4) is 0 Å². The molecule has 1 aromatic carbocycles. The highest BCUT2D eigenvalue weighted by atomic mass is 16.5. The predicted molar refractivity (Wildman–Crippen MR) is 68.4 cm³/mol. The van der Waals surface area contributed by atoms with E-state index in [1.54, 1.807) is 0 Å². The molecule has 0 bridgehead atoms. The topological polar surface area (TPSA) is 26.3 Å². The third kappa shape index (κ3) is 2.51. The SMILES string of the molecule is CCCOc1ccccc1C1(C)CCC(=O)C1. The number of para-hydroxylation sites is 1. The van der Waals surface area contributed by atoms with Crippen LogP contribution < -0.4 is 4.74 Å².